The number of aryl methyl sites for hydroxylation is 2. The molecule has 1 heterocycles. The maximum Gasteiger partial charge on any atom is 0.268 e. The van der Waals surface area contributed by atoms with E-state index in [1.54, 1.807) is 0 Å². The first-order chi connectivity index (χ1) is 11.0. The molecule has 1 aromatic heterocycles. The average molecular weight is 323 g/mol. The lowest BCUT2D eigenvalue weighted by Crippen LogP contribution is -2.12. The molecule has 23 heavy (non-hydrogen) atoms. The molecule has 3 N–H and O–H groups in total. The summed E-state index contributed by atoms with van der Waals surface area (Å²) in [5.41, 5.74) is 10.2. The summed E-state index contributed by atoms with van der Waals surface area (Å²) in [5, 5.41) is 3.35. The molecule has 3 rings (SSSR count). The van der Waals surface area contributed by atoms with E-state index >= 15 is 0 Å². The summed E-state index contributed by atoms with van der Waals surface area (Å²) in [6.07, 6.45) is 0. The van der Waals surface area contributed by atoms with Crippen molar-refractivity contribution in [2.24, 2.45) is 0 Å². The van der Waals surface area contributed by atoms with Gasteiger partial charge in [0.15, 0.2) is 5.13 Å². The van der Waals surface area contributed by atoms with Crippen molar-refractivity contribution in [1.29, 1.82) is 0 Å². The molecule has 0 bridgehead atoms. The van der Waals surface area contributed by atoms with Gasteiger partial charge in [-0.05, 0) is 31.0 Å². The van der Waals surface area contributed by atoms with E-state index < -0.39 is 0 Å². The quantitative estimate of drug-likeness (QED) is 0.756. The number of carbonyl (C=O) groups excluding carboxylic acids is 1. The molecule has 0 aliphatic carbocycles. The van der Waals surface area contributed by atoms with Gasteiger partial charge in [-0.15, -0.1) is 0 Å². The number of hydrogen-bond donors (Lipinski definition) is 2. The van der Waals surface area contributed by atoms with Crippen molar-refractivity contribution in [2.75, 3.05) is 11.1 Å². The fourth-order valence-corrected chi connectivity index (χ4v) is 3.08. The highest BCUT2D eigenvalue weighted by atomic mass is 32.1. The van der Waals surface area contributed by atoms with Crippen LogP contribution in [0.15, 0.2) is 48.5 Å². The average Bonchev–Trinajstić information content (AvgIpc) is 2.94. The van der Waals surface area contributed by atoms with Gasteiger partial charge in [-0.25, -0.2) is 4.98 Å². The van der Waals surface area contributed by atoms with Crippen molar-refractivity contribution in [3.63, 3.8) is 0 Å². The van der Waals surface area contributed by atoms with Crippen LogP contribution < -0.4 is 11.1 Å². The van der Waals surface area contributed by atoms with Gasteiger partial charge < -0.3 is 11.1 Å². The van der Waals surface area contributed by atoms with Crippen LogP contribution in [0.3, 0.4) is 0 Å². The number of aromatic nitrogens is 1. The Morgan fingerprint density at radius 1 is 1.13 bits per heavy atom. The van der Waals surface area contributed by atoms with Crippen LogP contribution in [0.25, 0.3) is 11.3 Å². The Morgan fingerprint density at radius 3 is 2.61 bits per heavy atom. The molecular weight excluding hydrogens is 306 g/mol. The van der Waals surface area contributed by atoms with Crippen molar-refractivity contribution < 1.29 is 4.79 Å². The number of nitrogens with two attached hydrogens (primary N) is 1. The highest BCUT2D eigenvalue weighted by Gasteiger charge is 2.19. The van der Waals surface area contributed by atoms with E-state index in [0.29, 0.717) is 15.7 Å². The van der Waals surface area contributed by atoms with Gasteiger partial charge in [-0.1, -0.05) is 53.8 Å². The van der Waals surface area contributed by atoms with Gasteiger partial charge in [0.2, 0.25) is 0 Å². The molecule has 0 radical (unpaired) electrons. The summed E-state index contributed by atoms with van der Waals surface area (Å²) in [6, 6.07) is 15.6. The molecular formula is C18H17N3OS. The van der Waals surface area contributed by atoms with E-state index in [9.17, 15) is 4.79 Å². The normalized spacial score (nSPS) is 10.5. The number of carbonyl (C=O) groups is 1. The third-order valence-corrected chi connectivity index (χ3v) is 4.42. The first-order valence-corrected chi connectivity index (χ1v) is 8.06. The number of benzene rings is 2. The Balaban J connectivity index is 1.96. The SMILES string of the molecule is Cc1ccc(C)c(NC(=O)c2sc(N)nc2-c2ccccc2)c1. The van der Waals surface area contributed by atoms with Crippen molar-refractivity contribution in [2.45, 2.75) is 13.8 Å². The van der Waals surface area contributed by atoms with Crippen molar-refractivity contribution in [1.82, 2.24) is 4.98 Å². The summed E-state index contributed by atoms with van der Waals surface area (Å²) in [5.74, 6) is -0.188. The highest BCUT2D eigenvalue weighted by molar-refractivity contribution is 7.17. The van der Waals surface area contributed by atoms with Crippen molar-refractivity contribution >= 4 is 28.1 Å². The molecule has 5 heteroatoms. The number of nitrogen functional groups attached to an aromatic ring is 1. The first-order valence-electron chi connectivity index (χ1n) is 7.25. The van der Waals surface area contributed by atoms with Crippen molar-refractivity contribution in [3.05, 3.63) is 64.5 Å². The number of nitrogens with one attached hydrogen (secondary N) is 1. The predicted molar refractivity (Wildman–Crippen MR) is 95.8 cm³/mol. The fraction of sp³-hybridized carbons (Fsp3) is 0.111. The predicted octanol–water partition coefficient (Wildman–Crippen LogP) is 4.26. The molecule has 0 saturated carbocycles. The van der Waals surface area contributed by atoms with E-state index in [2.05, 4.69) is 10.3 Å². The molecule has 2 aromatic carbocycles. The van der Waals surface area contributed by atoms with Gasteiger partial charge in [-0.3, -0.25) is 4.79 Å². The first kappa shape index (κ1) is 15.2. The van der Waals surface area contributed by atoms with Crippen LogP contribution in [0.5, 0.6) is 0 Å². The Labute approximate surface area is 139 Å². The van der Waals surface area contributed by atoms with Gasteiger partial charge in [0.1, 0.15) is 4.88 Å². The van der Waals surface area contributed by atoms with Gasteiger partial charge in [0.25, 0.3) is 5.91 Å². The van der Waals surface area contributed by atoms with Crippen LogP contribution in [0.1, 0.15) is 20.8 Å². The maximum absolute atomic E-state index is 12.7. The van der Waals surface area contributed by atoms with Crippen molar-refractivity contribution in [3.8, 4) is 11.3 Å². The molecule has 0 unspecified atom stereocenters. The topological polar surface area (TPSA) is 68.0 Å². The zero-order valence-corrected chi connectivity index (χ0v) is 13.8. The molecule has 1 amide bonds. The number of hydrogen-bond acceptors (Lipinski definition) is 4. The second-order valence-electron chi connectivity index (χ2n) is 5.37. The fourth-order valence-electron chi connectivity index (χ4n) is 2.33. The molecule has 0 aliphatic heterocycles. The van der Waals surface area contributed by atoms with Crippen LogP contribution in [-0.2, 0) is 0 Å². The molecule has 116 valence electrons. The zero-order chi connectivity index (χ0) is 16.4. The number of nitrogens with zero attached hydrogens (tertiary/aromatic N) is 1. The third kappa shape index (κ3) is 3.24. The van der Waals surface area contributed by atoms with Crippen LogP contribution in [-0.4, -0.2) is 10.9 Å². The van der Waals surface area contributed by atoms with Gasteiger partial charge >= 0.3 is 0 Å². The summed E-state index contributed by atoms with van der Waals surface area (Å²) in [7, 11) is 0. The monoisotopic (exact) mass is 323 g/mol. The second-order valence-corrected chi connectivity index (χ2v) is 6.40. The van der Waals surface area contributed by atoms with E-state index in [1.165, 1.54) is 11.3 Å². The van der Waals surface area contributed by atoms with Gasteiger partial charge in [0.05, 0.1) is 5.69 Å². The van der Waals surface area contributed by atoms with Gasteiger partial charge in [-0.2, -0.15) is 0 Å². The van der Waals surface area contributed by atoms with E-state index in [4.69, 9.17) is 5.73 Å². The lowest BCUT2D eigenvalue weighted by atomic mass is 10.1. The summed E-state index contributed by atoms with van der Waals surface area (Å²) < 4.78 is 0. The van der Waals surface area contributed by atoms with Crippen LogP contribution >= 0.6 is 11.3 Å². The number of amides is 1. The van der Waals surface area contributed by atoms with Gasteiger partial charge in [0, 0.05) is 11.3 Å². The molecule has 0 aliphatic rings. The molecule has 3 aromatic rings. The number of thiazole rings is 1. The molecule has 4 nitrogen and oxygen atoms in total. The zero-order valence-electron chi connectivity index (χ0n) is 13.0. The Morgan fingerprint density at radius 2 is 1.87 bits per heavy atom. The standard InChI is InChI=1S/C18H17N3OS/c1-11-8-9-12(2)14(10-11)20-17(22)16-15(21-18(19)23-16)13-6-4-3-5-7-13/h3-10H,1-2H3,(H2,19,21)(H,20,22). The maximum atomic E-state index is 12.7. The summed E-state index contributed by atoms with van der Waals surface area (Å²) in [6.45, 7) is 3.96. The van der Waals surface area contributed by atoms with E-state index in [1.807, 2.05) is 62.4 Å². The third-order valence-electron chi connectivity index (χ3n) is 3.54. The second kappa shape index (κ2) is 6.22. The lowest BCUT2D eigenvalue weighted by Gasteiger charge is -2.09. The molecule has 0 atom stereocenters. The Bertz CT molecular complexity index is 856. The minimum Gasteiger partial charge on any atom is -0.375 e. The minimum absolute atomic E-state index is 0.188. The molecule has 0 spiro atoms. The number of rotatable bonds is 3. The minimum atomic E-state index is -0.188. The van der Waals surface area contributed by atoms with Crippen LogP contribution in [0, 0.1) is 13.8 Å². The summed E-state index contributed by atoms with van der Waals surface area (Å²) >= 11 is 1.20. The highest BCUT2D eigenvalue weighted by Crippen LogP contribution is 2.30. The lowest BCUT2D eigenvalue weighted by molar-refractivity contribution is 0.103. The summed E-state index contributed by atoms with van der Waals surface area (Å²) in [4.78, 5) is 17.5. The Hall–Kier alpha value is -2.66. The van der Waals surface area contributed by atoms with Crippen LogP contribution in [0.4, 0.5) is 10.8 Å². The van der Waals surface area contributed by atoms with E-state index in [-0.39, 0.29) is 5.91 Å². The smallest absolute Gasteiger partial charge is 0.268 e. The van der Waals surface area contributed by atoms with E-state index in [0.717, 1.165) is 22.4 Å². The molecule has 0 saturated heterocycles. The Kier molecular flexibility index (Phi) is 4.12. The molecule has 0 fully saturated rings. The largest absolute Gasteiger partial charge is 0.375 e. The number of anilines is 2. The van der Waals surface area contributed by atoms with Crippen LogP contribution in [0.2, 0.25) is 0 Å².